The molecule has 1 aromatic rings. The second-order valence-electron chi connectivity index (χ2n) is 6.58. The summed E-state index contributed by atoms with van der Waals surface area (Å²) in [5.41, 5.74) is 7.14. The van der Waals surface area contributed by atoms with Gasteiger partial charge in [0.1, 0.15) is 5.75 Å². The van der Waals surface area contributed by atoms with Crippen molar-refractivity contribution >= 4 is 5.91 Å². The van der Waals surface area contributed by atoms with Gasteiger partial charge in [-0.3, -0.25) is 4.79 Å². The Morgan fingerprint density at radius 1 is 1.39 bits per heavy atom. The minimum atomic E-state index is 0.0763. The highest BCUT2D eigenvalue weighted by molar-refractivity contribution is 5.76. The van der Waals surface area contributed by atoms with Crippen LogP contribution in [-0.4, -0.2) is 44.6 Å². The summed E-state index contributed by atoms with van der Waals surface area (Å²) in [7, 11) is 5.69. The lowest BCUT2D eigenvalue weighted by Gasteiger charge is -2.27. The van der Waals surface area contributed by atoms with E-state index in [1.54, 1.807) is 7.11 Å². The first kappa shape index (κ1) is 17.8. The van der Waals surface area contributed by atoms with E-state index < -0.39 is 0 Å². The molecule has 0 bridgehead atoms. The maximum atomic E-state index is 12.2. The molecule has 1 amide bonds. The lowest BCUT2D eigenvalue weighted by Crippen LogP contribution is -2.37. The third-order valence-electron chi connectivity index (χ3n) is 4.78. The van der Waals surface area contributed by atoms with Crippen LogP contribution in [-0.2, 0) is 4.79 Å². The summed E-state index contributed by atoms with van der Waals surface area (Å²) >= 11 is 0. The number of para-hydroxylation sites is 1. The second-order valence-corrected chi connectivity index (χ2v) is 6.58. The monoisotopic (exact) mass is 319 g/mol. The Balaban J connectivity index is 1.96. The molecule has 1 aliphatic rings. The lowest BCUT2D eigenvalue weighted by molar-refractivity contribution is -0.122. The molecule has 128 valence electrons. The molecule has 3 atom stereocenters. The summed E-state index contributed by atoms with van der Waals surface area (Å²) in [6, 6.07) is 8.20. The van der Waals surface area contributed by atoms with Crippen LogP contribution >= 0.6 is 0 Å². The maximum absolute atomic E-state index is 12.2. The summed E-state index contributed by atoms with van der Waals surface area (Å²) in [4.78, 5) is 14.3. The number of benzene rings is 1. The van der Waals surface area contributed by atoms with Gasteiger partial charge in [0, 0.05) is 24.6 Å². The molecule has 1 aliphatic carbocycles. The van der Waals surface area contributed by atoms with E-state index in [4.69, 9.17) is 10.5 Å². The van der Waals surface area contributed by atoms with Crippen molar-refractivity contribution in [1.29, 1.82) is 0 Å². The van der Waals surface area contributed by atoms with E-state index in [2.05, 4.69) is 10.2 Å². The molecule has 1 saturated carbocycles. The van der Waals surface area contributed by atoms with E-state index in [1.807, 2.05) is 38.4 Å². The quantitative estimate of drug-likeness (QED) is 0.806. The number of hydrogen-bond donors (Lipinski definition) is 2. The minimum Gasteiger partial charge on any atom is -0.496 e. The summed E-state index contributed by atoms with van der Waals surface area (Å²) in [6.07, 6.45) is 3.78. The zero-order valence-corrected chi connectivity index (χ0v) is 14.4. The number of nitrogens with two attached hydrogens (primary N) is 1. The van der Waals surface area contributed by atoms with Gasteiger partial charge in [-0.2, -0.15) is 0 Å². The van der Waals surface area contributed by atoms with Crippen molar-refractivity contribution in [3.05, 3.63) is 29.8 Å². The number of amides is 1. The van der Waals surface area contributed by atoms with E-state index >= 15 is 0 Å². The van der Waals surface area contributed by atoms with Crippen LogP contribution in [0.25, 0.3) is 0 Å². The van der Waals surface area contributed by atoms with E-state index in [0.717, 1.165) is 30.6 Å². The van der Waals surface area contributed by atoms with Crippen LogP contribution in [0, 0.1) is 5.92 Å². The van der Waals surface area contributed by atoms with Crippen molar-refractivity contribution in [2.45, 2.75) is 37.8 Å². The predicted molar refractivity (Wildman–Crippen MR) is 92.4 cm³/mol. The van der Waals surface area contributed by atoms with Crippen LogP contribution in [0.3, 0.4) is 0 Å². The summed E-state index contributed by atoms with van der Waals surface area (Å²) in [5, 5.41) is 3.07. The van der Waals surface area contributed by atoms with Crippen LogP contribution in [0.5, 0.6) is 5.75 Å². The predicted octanol–water partition coefficient (Wildman–Crippen LogP) is 1.93. The number of rotatable bonds is 7. The van der Waals surface area contributed by atoms with Crippen LogP contribution < -0.4 is 15.8 Å². The lowest BCUT2D eigenvalue weighted by atomic mass is 9.99. The molecular formula is C18H29N3O2. The zero-order valence-electron chi connectivity index (χ0n) is 14.4. The van der Waals surface area contributed by atoms with Crippen LogP contribution in [0.1, 0.15) is 37.3 Å². The van der Waals surface area contributed by atoms with Crippen molar-refractivity contribution in [1.82, 2.24) is 10.2 Å². The van der Waals surface area contributed by atoms with E-state index in [1.165, 1.54) is 0 Å². The number of carbonyl (C=O) groups excluding carboxylic acids is 1. The van der Waals surface area contributed by atoms with Crippen molar-refractivity contribution in [2.75, 3.05) is 27.7 Å². The molecule has 0 spiro atoms. The van der Waals surface area contributed by atoms with Crippen LogP contribution in [0.4, 0.5) is 0 Å². The smallest absolute Gasteiger partial charge is 0.220 e. The fraction of sp³-hybridized carbons (Fsp3) is 0.611. The molecule has 0 heterocycles. The molecule has 5 heteroatoms. The first-order valence-electron chi connectivity index (χ1n) is 8.34. The fourth-order valence-corrected chi connectivity index (χ4v) is 3.35. The standard InChI is InChI=1S/C18H29N3O2/c1-21(2)16(14-8-4-5-10-17(14)23-3)12-20-18(22)11-13-7-6-9-15(13)19/h4-5,8,10,13,15-16H,6-7,9,11-12,19H2,1-3H3,(H,20,22)/t13-,15+,16?/m0/s1. The molecule has 1 unspecified atom stereocenters. The molecule has 5 nitrogen and oxygen atoms in total. The van der Waals surface area contributed by atoms with Gasteiger partial charge in [0.05, 0.1) is 13.2 Å². The second kappa shape index (κ2) is 8.31. The average molecular weight is 319 g/mol. The van der Waals surface area contributed by atoms with Gasteiger partial charge in [-0.25, -0.2) is 0 Å². The number of nitrogens with zero attached hydrogens (tertiary/aromatic N) is 1. The largest absolute Gasteiger partial charge is 0.496 e. The van der Waals surface area contributed by atoms with Crippen molar-refractivity contribution in [3.8, 4) is 5.75 Å². The first-order valence-corrected chi connectivity index (χ1v) is 8.34. The Bertz CT molecular complexity index is 519. The van der Waals surface area contributed by atoms with Gasteiger partial charge < -0.3 is 20.7 Å². The molecule has 23 heavy (non-hydrogen) atoms. The van der Waals surface area contributed by atoms with Crippen molar-refractivity contribution in [2.24, 2.45) is 11.7 Å². The Kier molecular flexibility index (Phi) is 6.42. The van der Waals surface area contributed by atoms with Crippen molar-refractivity contribution < 1.29 is 9.53 Å². The van der Waals surface area contributed by atoms with Crippen LogP contribution in [0.2, 0.25) is 0 Å². The SMILES string of the molecule is COc1ccccc1C(CNC(=O)C[C@@H]1CCC[C@H]1N)N(C)C. The van der Waals surface area contributed by atoms with Gasteiger partial charge in [0.25, 0.3) is 0 Å². The first-order chi connectivity index (χ1) is 11.0. The van der Waals surface area contributed by atoms with Gasteiger partial charge in [0.2, 0.25) is 5.91 Å². The van der Waals surface area contributed by atoms with Crippen LogP contribution in [0.15, 0.2) is 24.3 Å². The highest BCUT2D eigenvalue weighted by atomic mass is 16.5. The molecule has 0 saturated heterocycles. The summed E-state index contributed by atoms with van der Waals surface area (Å²) in [5.74, 6) is 1.27. The summed E-state index contributed by atoms with van der Waals surface area (Å²) < 4.78 is 5.45. The van der Waals surface area contributed by atoms with E-state index in [-0.39, 0.29) is 18.0 Å². The molecule has 1 aromatic carbocycles. The molecule has 0 radical (unpaired) electrons. The third kappa shape index (κ3) is 4.69. The highest BCUT2D eigenvalue weighted by Crippen LogP contribution is 2.28. The van der Waals surface area contributed by atoms with Crippen molar-refractivity contribution in [3.63, 3.8) is 0 Å². The zero-order chi connectivity index (χ0) is 16.8. The molecule has 0 aromatic heterocycles. The Labute approximate surface area is 139 Å². The molecule has 1 fully saturated rings. The minimum absolute atomic E-state index is 0.0763. The average Bonchev–Trinajstić information content (AvgIpc) is 2.92. The Morgan fingerprint density at radius 2 is 2.13 bits per heavy atom. The van der Waals surface area contributed by atoms with Gasteiger partial charge in [-0.1, -0.05) is 24.6 Å². The highest BCUT2D eigenvalue weighted by Gasteiger charge is 2.26. The number of methoxy groups -OCH3 is 1. The van der Waals surface area contributed by atoms with Gasteiger partial charge >= 0.3 is 0 Å². The van der Waals surface area contributed by atoms with E-state index in [0.29, 0.717) is 18.9 Å². The van der Waals surface area contributed by atoms with Gasteiger partial charge in [0.15, 0.2) is 0 Å². The maximum Gasteiger partial charge on any atom is 0.220 e. The number of ether oxygens (including phenoxy) is 1. The normalized spacial score (nSPS) is 22.1. The molecular weight excluding hydrogens is 290 g/mol. The number of likely N-dealkylation sites (N-methyl/N-ethyl adjacent to an activating group) is 1. The fourth-order valence-electron chi connectivity index (χ4n) is 3.35. The number of nitrogens with one attached hydrogen (secondary N) is 1. The number of hydrogen-bond acceptors (Lipinski definition) is 4. The topological polar surface area (TPSA) is 67.6 Å². The number of carbonyl (C=O) groups is 1. The summed E-state index contributed by atoms with van der Waals surface area (Å²) in [6.45, 7) is 0.564. The van der Waals surface area contributed by atoms with Gasteiger partial charge in [-0.15, -0.1) is 0 Å². The van der Waals surface area contributed by atoms with E-state index in [9.17, 15) is 4.79 Å². The molecule has 2 rings (SSSR count). The molecule has 0 aliphatic heterocycles. The Morgan fingerprint density at radius 3 is 2.74 bits per heavy atom. The molecule has 3 N–H and O–H groups in total. The third-order valence-corrected chi connectivity index (χ3v) is 4.78. The van der Waals surface area contributed by atoms with Gasteiger partial charge in [-0.05, 0) is 38.9 Å². The Hall–Kier alpha value is -1.59.